The van der Waals surface area contributed by atoms with E-state index in [-0.39, 0.29) is 29.4 Å². The number of anilines is 1. The minimum absolute atomic E-state index is 0.0234. The van der Waals surface area contributed by atoms with E-state index in [9.17, 15) is 13.2 Å². The van der Waals surface area contributed by atoms with Crippen LogP contribution in [0.3, 0.4) is 0 Å². The van der Waals surface area contributed by atoms with Gasteiger partial charge in [-0.3, -0.25) is 0 Å². The summed E-state index contributed by atoms with van der Waals surface area (Å²) in [7, 11) is 0. The Bertz CT molecular complexity index is 2630. The Hall–Kier alpha value is -5.42. The molecule has 0 radical (unpaired) electrons. The number of hydrogen-bond acceptors (Lipinski definition) is 1. The van der Waals surface area contributed by atoms with Crippen molar-refractivity contribution in [3.8, 4) is 0 Å². The van der Waals surface area contributed by atoms with E-state index in [1.54, 1.807) is 44.4 Å². The highest BCUT2D eigenvalue weighted by molar-refractivity contribution is 7.11. The van der Waals surface area contributed by atoms with Crippen LogP contribution < -0.4 is 21.3 Å². The molecule has 5 aromatic carbocycles. The lowest BCUT2D eigenvalue weighted by molar-refractivity contribution is -0.429. The molecule has 0 amide bonds. The van der Waals surface area contributed by atoms with Crippen LogP contribution in [0.25, 0.3) is 0 Å². The molecule has 0 bridgehead atoms. The first-order valence-electron chi connectivity index (χ1n) is 22.9. The predicted molar refractivity (Wildman–Crippen MR) is 243 cm³/mol. The average Bonchev–Trinajstić information content (AvgIpc) is 3.71. The minimum atomic E-state index is -5.88. The Morgan fingerprint density at radius 3 is 0.914 bits per heavy atom. The molecule has 1 aliphatic heterocycles. The van der Waals surface area contributed by atoms with Crippen molar-refractivity contribution in [1.82, 2.24) is 0 Å². The van der Waals surface area contributed by atoms with E-state index in [0.717, 1.165) is 11.1 Å². The van der Waals surface area contributed by atoms with Gasteiger partial charge in [-0.2, -0.15) is 0 Å². The fourth-order valence-corrected chi connectivity index (χ4v) is 10.0. The van der Waals surface area contributed by atoms with Gasteiger partial charge in [-0.25, -0.2) is 75.3 Å². The van der Waals surface area contributed by atoms with Crippen molar-refractivity contribution >= 4 is 40.2 Å². The molecule has 5 aromatic rings. The molecule has 1 aliphatic rings. The van der Waals surface area contributed by atoms with E-state index < -0.39 is 141 Å². The average molecular weight is 1000 g/mol. The maximum Gasteiger partial charge on any atom is 0.244 e. The van der Waals surface area contributed by atoms with Gasteiger partial charge in [0.25, 0.3) is 0 Å². The molecule has 70 heavy (non-hydrogen) atoms. The maximum absolute atomic E-state index is 16.9. The number of benzene rings is 5. The lowest BCUT2D eigenvalue weighted by Gasteiger charge is -2.45. The van der Waals surface area contributed by atoms with E-state index >= 15 is 52.7 Å². The van der Waals surface area contributed by atoms with Crippen LogP contribution in [0, 0.1) is 87.3 Å². The molecule has 6 rings (SSSR count). The molecular formula is C52H52BF15N2. The van der Waals surface area contributed by atoms with E-state index in [2.05, 4.69) is 0 Å². The first-order chi connectivity index (χ1) is 32.4. The molecule has 18 heteroatoms. The van der Waals surface area contributed by atoms with Gasteiger partial charge in [0.05, 0.1) is 0 Å². The van der Waals surface area contributed by atoms with E-state index in [0.29, 0.717) is 27.9 Å². The molecule has 0 spiro atoms. The van der Waals surface area contributed by atoms with Gasteiger partial charge in [-0.15, -0.1) is 22.7 Å². The highest BCUT2D eigenvalue weighted by Gasteiger charge is 2.52. The standard InChI is InChI=1S/C52H52BF15N2/c1-20(2)26-13-29(22(5)6)51(30(14-26)23(7)8)69-18-28(70(19-69)52-31(24(9)10)15-27(21(3)4)16-32(52)25(11)12)17-53(33-36(54)42(60)48(66)43(61)37(33)55,34-38(56)44(62)49(67)45(63)39(34)57)35-40(58)46(64)50(68)47(65)41(35)59/h13-16,19-25,28H,17-18H2,1-12H3/t28-/m0/s1. The smallest absolute Gasteiger partial charge is 0.230 e. The molecule has 0 unspecified atom stereocenters. The number of halogens is 15. The molecule has 2 nitrogen and oxygen atoms in total. The van der Waals surface area contributed by atoms with Gasteiger partial charge in [-0.05, 0) is 46.6 Å². The van der Waals surface area contributed by atoms with Gasteiger partial charge in [0.15, 0.2) is 52.4 Å². The first-order valence-corrected chi connectivity index (χ1v) is 22.9. The Morgan fingerprint density at radius 2 is 0.657 bits per heavy atom. The van der Waals surface area contributed by atoms with Gasteiger partial charge >= 0.3 is 0 Å². The monoisotopic (exact) mass is 1000 g/mol. The summed E-state index contributed by atoms with van der Waals surface area (Å²) in [5.74, 6) is -46.7. The highest BCUT2D eigenvalue weighted by Crippen LogP contribution is 2.45. The summed E-state index contributed by atoms with van der Waals surface area (Å²) in [6.07, 6.45) is -6.27. The van der Waals surface area contributed by atoms with Gasteiger partial charge in [-0.1, -0.05) is 107 Å². The van der Waals surface area contributed by atoms with Crippen molar-refractivity contribution in [2.24, 2.45) is 0 Å². The van der Waals surface area contributed by atoms with E-state index in [4.69, 9.17) is 0 Å². The summed E-state index contributed by atoms with van der Waals surface area (Å²) in [6.45, 7) is 21.6. The molecule has 1 heterocycles. The summed E-state index contributed by atoms with van der Waals surface area (Å²) in [5.41, 5.74) is -3.04. The summed E-state index contributed by atoms with van der Waals surface area (Å²) in [4.78, 5) is 1.35. The van der Waals surface area contributed by atoms with Crippen LogP contribution in [0.1, 0.15) is 152 Å². The molecule has 1 atom stereocenters. The second kappa shape index (κ2) is 19.6. The lowest BCUT2D eigenvalue weighted by Crippen LogP contribution is -2.74. The molecule has 0 saturated carbocycles. The molecule has 0 N–H and O–H groups in total. The first kappa shape index (κ1) is 53.9. The van der Waals surface area contributed by atoms with Crippen molar-refractivity contribution in [2.75, 3.05) is 11.4 Å². The van der Waals surface area contributed by atoms with Crippen molar-refractivity contribution < 1.29 is 70.4 Å². The Morgan fingerprint density at radius 1 is 0.400 bits per heavy atom. The summed E-state index contributed by atoms with van der Waals surface area (Å²) >= 11 is 0. The third kappa shape index (κ3) is 8.66. The van der Waals surface area contributed by atoms with Crippen molar-refractivity contribution in [2.45, 2.75) is 131 Å². The molecule has 0 aromatic heterocycles. The quantitative estimate of drug-likeness (QED) is 0.0375. The number of hydrogen-bond donors (Lipinski definition) is 0. The van der Waals surface area contributed by atoms with E-state index in [1.807, 2.05) is 67.5 Å². The predicted octanol–water partition coefficient (Wildman–Crippen LogP) is 14.2. The Balaban J connectivity index is 1.94. The van der Waals surface area contributed by atoms with Crippen molar-refractivity contribution in [3.63, 3.8) is 0 Å². The van der Waals surface area contributed by atoms with Crippen LogP contribution >= 0.6 is 0 Å². The number of nitrogens with zero attached hydrogens (tertiary/aromatic N) is 2. The molecule has 0 saturated heterocycles. The Labute approximate surface area is 397 Å². The van der Waals surface area contributed by atoms with Crippen LogP contribution in [0.4, 0.5) is 77.2 Å². The topological polar surface area (TPSA) is 6.25 Å². The van der Waals surface area contributed by atoms with Crippen LogP contribution in [0.2, 0.25) is 6.32 Å². The van der Waals surface area contributed by atoms with Crippen molar-refractivity contribution in [1.29, 1.82) is 0 Å². The van der Waals surface area contributed by atoms with Gasteiger partial charge < -0.3 is 0 Å². The maximum atomic E-state index is 16.9. The third-order valence-electron chi connectivity index (χ3n) is 13.6. The zero-order valence-electron chi connectivity index (χ0n) is 40.5. The third-order valence-corrected chi connectivity index (χ3v) is 13.6. The molecule has 378 valence electrons. The van der Waals surface area contributed by atoms with Gasteiger partial charge in [0, 0.05) is 22.3 Å². The molecule has 0 aliphatic carbocycles. The highest BCUT2D eigenvalue weighted by atomic mass is 19.2. The van der Waals surface area contributed by atoms with Crippen molar-refractivity contribution in [3.05, 3.63) is 145 Å². The van der Waals surface area contributed by atoms with Crippen LogP contribution in [0.5, 0.6) is 0 Å². The zero-order valence-corrected chi connectivity index (χ0v) is 40.5. The molecule has 0 fully saturated rings. The second-order valence-electron chi connectivity index (χ2n) is 20.1. The fourth-order valence-electron chi connectivity index (χ4n) is 10.0. The van der Waals surface area contributed by atoms with E-state index in [1.165, 1.54) is 11.2 Å². The molecular weight excluding hydrogens is 948 g/mol. The van der Waals surface area contributed by atoms with Gasteiger partial charge in [0.2, 0.25) is 6.34 Å². The zero-order chi connectivity index (χ0) is 52.7. The number of rotatable bonds is 13. The fraction of sp³-hybridized carbons (Fsp3) is 0.404. The second-order valence-corrected chi connectivity index (χ2v) is 20.1. The van der Waals surface area contributed by atoms with Crippen LogP contribution in [-0.2, 0) is 0 Å². The minimum Gasteiger partial charge on any atom is -0.230 e. The largest absolute Gasteiger partial charge is 0.244 e. The summed E-state index contributed by atoms with van der Waals surface area (Å²) < 4.78 is 242. The lowest BCUT2D eigenvalue weighted by atomic mass is 9.13. The normalized spacial score (nSPS) is 14.6. The summed E-state index contributed by atoms with van der Waals surface area (Å²) in [6, 6.07) is 5.54. The summed E-state index contributed by atoms with van der Waals surface area (Å²) in [5, 5.41) is 0. The Kier molecular flexibility index (Phi) is 15.1. The SMILES string of the molecule is CC(C)c1cc(C(C)C)c(N2C=[N+](c3c(C(C)C)cc(C(C)C)cc3C(C)C)C[C@@H]2C[B-](c2c(F)c(F)c(F)c(F)c2F)(c2c(F)c(F)c(F)c(F)c2F)c2c(F)c(F)c(F)c(F)c2F)c(C(C)C)c1. The van der Waals surface area contributed by atoms with Gasteiger partial charge in [0.1, 0.15) is 65.0 Å². The van der Waals surface area contributed by atoms with Crippen LogP contribution in [0.15, 0.2) is 24.3 Å². The van der Waals surface area contributed by atoms with Crippen LogP contribution in [-0.4, -0.2) is 29.6 Å².